The molecule has 1 fully saturated rings. The quantitative estimate of drug-likeness (QED) is 0.939. The zero-order chi connectivity index (χ0) is 14.7. The number of likely N-dealkylation sites (tertiary alicyclic amines) is 1. The number of hydrogen-bond donors (Lipinski definition) is 1. The first-order valence-electron chi connectivity index (χ1n) is 7.51. The molecule has 1 aliphatic rings. The molecular weight excluding hydrogens is 260 g/mol. The molecule has 1 aromatic heterocycles. The molecule has 1 aromatic carbocycles. The van der Waals surface area contributed by atoms with E-state index in [1.54, 1.807) is 0 Å². The normalized spacial score (nSPS) is 20.9. The number of rotatable bonds is 3. The molecule has 1 saturated heterocycles. The number of nitriles is 1. The molecule has 4 nitrogen and oxygen atoms in total. The van der Waals surface area contributed by atoms with E-state index in [9.17, 15) is 0 Å². The lowest BCUT2D eigenvalue weighted by Gasteiger charge is -2.36. The number of piperidine rings is 1. The second-order valence-corrected chi connectivity index (χ2v) is 5.76. The lowest BCUT2D eigenvalue weighted by atomic mass is 9.92. The molecule has 0 aliphatic carbocycles. The Morgan fingerprint density at radius 3 is 2.81 bits per heavy atom. The summed E-state index contributed by atoms with van der Waals surface area (Å²) in [5.41, 5.74) is 3.24. The molecule has 4 heteroatoms. The van der Waals surface area contributed by atoms with Gasteiger partial charge in [-0.3, -0.25) is 10.00 Å². The molecule has 0 amide bonds. The molecule has 21 heavy (non-hydrogen) atoms. The van der Waals surface area contributed by atoms with Crippen LogP contribution in [0.1, 0.15) is 48.5 Å². The van der Waals surface area contributed by atoms with Crippen LogP contribution in [0.15, 0.2) is 36.5 Å². The fraction of sp³-hybridized carbons (Fsp3) is 0.412. The summed E-state index contributed by atoms with van der Waals surface area (Å²) in [7, 11) is 0. The van der Waals surface area contributed by atoms with Crippen molar-refractivity contribution in [3.63, 3.8) is 0 Å². The molecule has 0 unspecified atom stereocenters. The third-order valence-corrected chi connectivity index (χ3v) is 4.48. The maximum Gasteiger partial charge on any atom is 0.0991 e. The topological polar surface area (TPSA) is 55.7 Å². The molecule has 1 N–H and O–H groups in total. The Kier molecular flexibility index (Phi) is 4.03. The van der Waals surface area contributed by atoms with Crippen LogP contribution in [-0.4, -0.2) is 28.2 Å². The van der Waals surface area contributed by atoms with E-state index < -0.39 is 0 Å². The Labute approximate surface area is 125 Å². The van der Waals surface area contributed by atoms with E-state index in [4.69, 9.17) is 5.26 Å². The number of hydrogen-bond acceptors (Lipinski definition) is 3. The first-order valence-corrected chi connectivity index (χ1v) is 7.51. The number of nitrogens with zero attached hydrogens (tertiary/aromatic N) is 3. The smallest absolute Gasteiger partial charge is 0.0991 e. The van der Waals surface area contributed by atoms with Crippen LogP contribution in [0.2, 0.25) is 0 Å². The second-order valence-electron chi connectivity index (χ2n) is 5.76. The van der Waals surface area contributed by atoms with Crippen LogP contribution in [0.25, 0.3) is 0 Å². The van der Waals surface area contributed by atoms with E-state index in [2.05, 4.69) is 46.3 Å². The molecule has 3 rings (SSSR count). The summed E-state index contributed by atoms with van der Waals surface area (Å²) in [5, 5.41) is 16.1. The molecule has 2 atom stereocenters. The number of benzene rings is 1. The monoisotopic (exact) mass is 280 g/mol. The zero-order valence-corrected chi connectivity index (χ0v) is 12.3. The Morgan fingerprint density at radius 1 is 1.33 bits per heavy atom. The average Bonchev–Trinajstić information content (AvgIpc) is 3.09. The number of H-pyrrole nitrogens is 1. The van der Waals surface area contributed by atoms with Crippen molar-refractivity contribution < 1.29 is 0 Å². The first-order chi connectivity index (χ1) is 10.3. The van der Waals surface area contributed by atoms with Gasteiger partial charge in [0.1, 0.15) is 0 Å². The van der Waals surface area contributed by atoms with Crippen molar-refractivity contribution in [2.45, 2.75) is 31.7 Å². The third kappa shape index (κ3) is 2.98. The van der Waals surface area contributed by atoms with Crippen LogP contribution < -0.4 is 0 Å². The largest absolute Gasteiger partial charge is 0.296 e. The van der Waals surface area contributed by atoms with Gasteiger partial charge in [0, 0.05) is 30.4 Å². The maximum absolute atomic E-state index is 8.89. The van der Waals surface area contributed by atoms with Gasteiger partial charge in [0.2, 0.25) is 0 Å². The van der Waals surface area contributed by atoms with E-state index in [0.717, 1.165) is 18.7 Å². The molecule has 2 heterocycles. The predicted molar refractivity (Wildman–Crippen MR) is 81.7 cm³/mol. The van der Waals surface area contributed by atoms with E-state index in [0.29, 0.717) is 12.0 Å². The summed E-state index contributed by atoms with van der Waals surface area (Å²) in [6, 6.07) is 12.6. The van der Waals surface area contributed by atoms with Gasteiger partial charge in [-0.2, -0.15) is 10.4 Å². The van der Waals surface area contributed by atoms with Crippen LogP contribution >= 0.6 is 0 Å². The minimum atomic E-state index is 0.378. The summed E-state index contributed by atoms with van der Waals surface area (Å²) in [6.45, 7) is 4.44. The molecule has 0 spiro atoms. The Balaban J connectivity index is 1.71. The van der Waals surface area contributed by atoms with Gasteiger partial charge in [0.05, 0.1) is 11.6 Å². The summed E-state index contributed by atoms with van der Waals surface area (Å²) in [5.74, 6) is 0.544. The molecule has 108 valence electrons. The van der Waals surface area contributed by atoms with E-state index in [1.807, 2.05) is 18.3 Å². The molecule has 1 aliphatic heterocycles. The highest BCUT2D eigenvalue weighted by molar-refractivity contribution is 5.32. The van der Waals surface area contributed by atoms with Gasteiger partial charge in [-0.05, 0) is 50.1 Å². The highest BCUT2D eigenvalue weighted by Gasteiger charge is 2.25. The standard InChI is InChI=1S/C17H20N4/c1-13(15-6-4-14(11-18)5-7-15)21-10-2-3-16(12-21)17-8-9-19-20-17/h4-9,13,16H,2-3,10,12H2,1H3,(H,19,20)/t13-,16+/m1/s1. The fourth-order valence-electron chi connectivity index (χ4n) is 3.15. The van der Waals surface area contributed by atoms with Crippen molar-refractivity contribution in [1.29, 1.82) is 5.26 Å². The minimum absolute atomic E-state index is 0.378. The van der Waals surface area contributed by atoms with Crippen LogP contribution in [0, 0.1) is 11.3 Å². The Hall–Kier alpha value is -2.12. The number of aromatic nitrogens is 2. The predicted octanol–water partition coefficient (Wildman–Crippen LogP) is 3.22. The minimum Gasteiger partial charge on any atom is -0.296 e. The Morgan fingerprint density at radius 2 is 2.14 bits per heavy atom. The summed E-state index contributed by atoms with van der Waals surface area (Å²) >= 11 is 0. The van der Waals surface area contributed by atoms with Gasteiger partial charge >= 0.3 is 0 Å². The summed E-state index contributed by atoms with van der Waals surface area (Å²) in [4.78, 5) is 2.52. The molecular formula is C17H20N4. The van der Waals surface area contributed by atoms with Crippen LogP contribution in [0.3, 0.4) is 0 Å². The number of aromatic amines is 1. The van der Waals surface area contributed by atoms with Crippen LogP contribution in [-0.2, 0) is 0 Å². The first kappa shape index (κ1) is 13.8. The van der Waals surface area contributed by atoms with Crippen molar-refractivity contribution in [1.82, 2.24) is 15.1 Å². The highest BCUT2D eigenvalue weighted by atomic mass is 15.2. The fourth-order valence-corrected chi connectivity index (χ4v) is 3.15. The second kappa shape index (κ2) is 6.11. The number of nitrogens with one attached hydrogen (secondary N) is 1. The van der Waals surface area contributed by atoms with Gasteiger partial charge in [-0.1, -0.05) is 12.1 Å². The lowest BCUT2D eigenvalue weighted by molar-refractivity contribution is 0.157. The molecule has 0 radical (unpaired) electrons. The average molecular weight is 280 g/mol. The summed E-state index contributed by atoms with van der Waals surface area (Å²) < 4.78 is 0. The van der Waals surface area contributed by atoms with E-state index in [1.165, 1.54) is 24.1 Å². The van der Waals surface area contributed by atoms with Crippen LogP contribution in [0.4, 0.5) is 0 Å². The van der Waals surface area contributed by atoms with Crippen molar-refractivity contribution in [3.05, 3.63) is 53.3 Å². The van der Waals surface area contributed by atoms with Gasteiger partial charge < -0.3 is 0 Å². The Bertz CT molecular complexity index is 609. The zero-order valence-electron chi connectivity index (χ0n) is 12.3. The highest BCUT2D eigenvalue weighted by Crippen LogP contribution is 2.31. The molecule has 0 bridgehead atoms. The van der Waals surface area contributed by atoms with Crippen molar-refractivity contribution in [3.8, 4) is 6.07 Å². The summed E-state index contributed by atoms with van der Waals surface area (Å²) in [6.07, 6.45) is 4.27. The SMILES string of the molecule is C[C@H](c1ccc(C#N)cc1)N1CCC[C@H](c2ccn[nH]2)C1. The van der Waals surface area contributed by atoms with Crippen molar-refractivity contribution in [2.75, 3.05) is 13.1 Å². The maximum atomic E-state index is 8.89. The van der Waals surface area contributed by atoms with Crippen molar-refractivity contribution >= 4 is 0 Å². The van der Waals surface area contributed by atoms with Gasteiger partial charge in [0.15, 0.2) is 0 Å². The van der Waals surface area contributed by atoms with Crippen LogP contribution in [0.5, 0.6) is 0 Å². The van der Waals surface area contributed by atoms with E-state index in [-0.39, 0.29) is 0 Å². The lowest BCUT2D eigenvalue weighted by Crippen LogP contribution is -2.36. The van der Waals surface area contributed by atoms with Gasteiger partial charge in [-0.15, -0.1) is 0 Å². The molecule has 2 aromatic rings. The molecule has 0 saturated carbocycles. The van der Waals surface area contributed by atoms with Crippen molar-refractivity contribution in [2.24, 2.45) is 0 Å². The van der Waals surface area contributed by atoms with Gasteiger partial charge in [0.25, 0.3) is 0 Å². The third-order valence-electron chi connectivity index (χ3n) is 4.48. The van der Waals surface area contributed by atoms with Gasteiger partial charge in [-0.25, -0.2) is 0 Å². The van der Waals surface area contributed by atoms with E-state index >= 15 is 0 Å².